The lowest BCUT2D eigenvalue weighted by Crippen LogP contribution is -2.22. The predicted molar refractivity (Wildman–Crippen MR) is 37.3 cm³/mol. The summed E-state index contributed by atoms with van der Waals surface area (Å²) in [5.41, 5.74) is -0.0820. The van der Waals surface area contributed by atoms with Gasteiger partial charge in [-0.05, 0) is 0 Å². The highest BCUT2D eigenvalue weighted by Gasteiger charge is 2.05. The minimum absolute atomic E-state index is 0.0707. The highest BCUT2D eigenvalue weighted by atomic mass is 19.1. The van der Waals surface area contributed by atoms with E-state index in [1.54, 1.807) is 0 Å². The summed E-state index contributed by atoms with van der Waals surface area (Å²) >= 11 is 0. The maximum atomic E-state index is 12.6. The largest absolute Gasteiger partial charge is 0.545 e. The molecule has 0 saturated heterocycles. The lowest BCUT2D eigenvalue weighted by Gasteiger charge is -1.97. The molecule has 0 amide bonds. The molecule has 0 radical (unpaired) electrons. The number of carboxylic acids is 1. The molecule has 2 heterocycles. The van der Waals surface area contributed by atoms with Gasteiger partial charge in [-0.1, -0.05) is 0 Å². The number of aromatic nitrogens is 3. The van der Waals surface area contributed by atoms with Gasteiger partial charge in [0.2, 0.25) is 0 Å². The lowest BCUT2D eigenvalue weighted by atomic mass is 10.3. The molecule has 0 bridgehead atoms. The molecule has 0 aromatic carbocycles. The van der Waals surface area contributed by atoms with E-state index in [-0.39, 0.29) is 11.2 Å². The Morgan fingerprint density at radius 1 is 1.54 bits per heavy atom. The molecule has 0 aliphatic heterocycles. The Hall–Kier alpha value is -1.98. The van der Waals surface area contributed by atoms with Crippen molar-refractivity contribution in [2.45, 2.75) is 0 Å². The summed E-state index contributed by atoms with van der Waals surface area (Å²) in [5, 5.41) is 14.1. The van der Waals surface area contributed by atoms with Gasteiger partial charge in [-0.15, -0.1) is 0 Å². The zero-order valence-electron chi connectivity index (χ0n) is 6.27. The van der Waals surface area contributed by atoms with Crippen molar-refractivity contribution in [3.63, 3.8) is 0 Å². The summed E-state index contributed by atoms with van der Waals surface area (Å²) in [6.45, 7) is 0. The molecular formula is C7H3FN3O2-. The topological polar surface area (TPSA) is 70.3 Å². The number of nitrogens with zero attached hydrogens (tertiary/aromatic N) is 3. The summed E-state index contributed by atoms with van der Waals surface area (Å²) in [7, 11) is 0. The van der Waals surface area contributed by atoms with E-state index in [2.05, 4.69) is 10.1 Å². The van der Waals surface area contributed by atoms with Gasteiger partial charge in [0.1, 0.15) is 0 Å². The van der Waals surface area contributed by atoms with Crippen LogP contribution in [-0.2, 0) is 0 Å². The van der Waals surface area contributed by atoms with Crippen molar-refractivity contribution in [1.29, 1.82) is 0 Å². The smallest absolute Gasteiger partial charge is 0.164 e. The number of carboxylic acid groups (broad SMARTS) is 1. The first-order chi connectivity index (χ1) is 6.18. The highest BCUT2D eigenvalue weighted by molar-refractivity contribution is 5.92. The molecule has 0 atom stereocenters. The average molecular weight is 180 g/mol. The molecule has 2 aromatic rings. The van der Waals surface area contributed by atoms with E-state index in [1.807, 2.05) is 0 Å². The van der Waals surface area contributed by atoms with E-state index in [1.165, 1.54) is 0 Å². The molecule has 13 heavy (non-hydrogen) atoms. The van der Waals surface area contributed by atoms with Gasteiger partial charge >= 0.3 is 0 Å². The Morgan fingerprint density at radius 3 is 3.00 bits per heavy atom. The third-order valence-corrected chi connectivity index (χ3v) is 1.54. The average Bonchev–Trinajstić information content (AvgIpc) is 2.46. The van der Waals surface area contributed by atoms with Gasteiger partial charge in [0.05, 0.1) is 30.1 Å². The first kappa shape index (κ1) is 7.66. The van der Waals surface area contributed by atoms with Crippen LogP contribution in [-0.4, -0.2) is 20.6 Å². The van der Waals surface area contributed by atoms with Gasteiger partial charge < -0.3 is 9.90 Å². The summed E-state index contributed by atoms with van der Waals surface area (Å²) < 4.78 is 13.6. The number of carbonyl (C=O) groups is 1. The van der Waals surface area contributed by atoms with E-state index < -0.39 is 11.8 Å². The number of carbonyl (C=O) groups excluding carboxylic acids is 1. The van der Waals surface area contributed by atoms with E-state index in [0.717, 1.165) is 23.1 Å². The summed E-state index contributed by atoms with van der Waals surface area (Å²) in [4.78, 5) is 14.0. The van der Waals surface area contributed by atoms with Crippen LogP contribution in [0.2, 0.25) is 0 Å². The molecule has 66 valence electrons. The standard InChI is InChI=1S/C7H4FN3O2/c8-4-1-9-6-5(7(12)13)2-10-11(6)3-4/h1-3H,(H,12,13)/p-1. The third-order valence-electron chi connectivity index (χ3n) is 1.54. The Labute approximate surface area is 71.4 Å². The predicted octanol–water partition coefficient (Wildman–Crippen LogP) is -0.768. The van der Waals surface area contributed by atoms with Crippen LogP contribution in [0, 0.1) is 5.82 Å². The van der Waals surface area contributed by atoms with Crippen LogP contribution in [0.25, 0.3) is 5.65 Å². The Balaban J connectivity index is 2.76. The van der Waals surface area contributed by atoms with Gasteiger partial charge in [-0.25, -0.2) is 13.9 Å². The van der Waals surface area contributed by atoms with Crippen molar-refractivity contribution in [2.75, 3.05) is 0 Å². The van der Waals surface area contributed by atoms with Crippen LogP contribution < -0.4 is 5.11 Å². The van der Waals surface area contributed by atoms with Crippen molar-refractivity contribution in [3.05, 3.63) is 30.0 Å². The molecule has 2 aromatic heterocycles. The van der Waals surface area contributed by atoms with Gasteiger partial charge in [-0.3, -0.25) is 0 Å². The van der Waals surface area contributed by atoms with Crippen LogP contribution in [0.3, 0.4) is 0 Å². The number of halogens is 1. The molecule has 0 fully saturated rings. The fraction of sp³-hybridized carbons (Fsp3) is 0. The maximum Gasteiger partial charge on any atom is 0.164 e. The van der Waals surface area contributed by atoms with Gasteiger partial charge in [0, 0.05) is 0 Å². The molecule has 0 spiro atoms. The van der Waals surface area contributed by atoms with Crippen molar-refractivity contribution >= 4 is 11.6 Å². The summed E-state index contributed by atoms with van der Waals surface area (Å²) in [5.74, 6) is -1.96. The first-order valence-electron chi connectivity index (χ1n) is 3.39. The fourth-order valence-corrected chi connectivity index (χ4v) is 0.996. The molecule has 0 saturated carbocycles. The number of aromatic carboxylic acids is 1. The molecule has 0 aliphatic rings. The van der Waals surface area contributed by atoms with E-state index in [9.17, 15) is 14.3 Å². The van der Waals surface area contributed by atoms with Crippen LogP contribution >= 0.6 is 0 Å². The van der Waals surface area contributed by atoms with Crippen molar-refractivity contribution in [2.24, 2.45) is 0 Å². The van der Waals surface area contributed by atoms with Crippen LogP contribution in [0.1, 0.15) is 10.4 Å². The lowest BCUT2D eigenvalue weighted by molar-refractivity contribution is -0.254. The van der Waals surface area contributed by atoms with E-state index in [0.29, 0.717) is 0 Å². The zero-order chi connectivity index (χ0) is 9.42. The first-order valence-corrected chi connectivity index (χ1v) is 3.39. The number of fused-ring (bicyclic) bond motifs is 1. The van der Waals surface area contributed by atoms with Crippen molar-refractivity contribution in [3.8, 4) is 0 Å². The number of rotatable bonds is 1. The third kappa shape index (κ3) is 1.12. The van der Waals surface area contributed by atoms with Crippen molar-refractivity contribution in [1.82, 2.24) is 14.6 Å². The molecular weight excluding hydrogens is 177 g/mol. The second-order valence-electron chi connectivity index (χ2n) is 2.39. The SMILES string of the molecule is O=C([O-])c1cnn2cc(F)cnc12. The summed E-state index contributed by atoms with van der Waals surface area (Å²) in [6, 6.07) is 0. The van der Waals surface area contributed by atoms with Crippen molar-refractivity contribution < 1.29 is 14.3 Å². The normalized spacial score (nSPS) is 10.5. The van der Waals surface area contributed by atoms with Gasteiger partial charge in [-0.2, -0.15) is 5.10 Å². The molecule has 2 rings (SSSR count). The number of hydrogen-bond donors (Lipinski definition) is 0. The minimum Gasteiger partial charge on any atom is -0.545 e. The summed E-state index contributed by atoms with van der Waals surface area (Å²) in [6.07, 6.45) is 3.02. The monoisotopic (exact) mass is 180 g/mol. The molecule has 0 N–H and O–H groups in total. The Morgan fingerprint density at radius 2 is 2.31 bits per heavy atom. The van der Waals surface area contributed by atoms with Crippen LogP contribution in [0.15, 0.2) is 18.6 Å². The van der Waals surface area contributed by atoms with Gasteiger partial charge in [0.15, 0.2) is 11.5 Å². The minimum atomic E-state index is -1.38. The second kappa shape index (κ2) is 2.51. The second-order valence-corrected chi connectivity index (χ2v) is 2.39. The number of hydrogen-bond acceptors (Lipinski definition) is 4. The molecule has 6 heteroatoms. The van der Waals surface area contributed by atoms with E-state index in [4.69, 9.17) is 0 Å². The maximum absolute atomic E-state index is 12.6. The Kier molecular flexibility index (Phi) is 1.48. The quantitative estimate of drug-likeness (QED) is 0.577. The highest BCUT2D eigenvalue weighted by Crippen LogP contribution is 2.06. The molecule has 0 aliphatic carbocycles. The van der Waals surface area contributed by atoms with Gasteiger partial charge in [0.25, 0.3) is 0 Å². The van der Waals surface area contributed by atoms with Crippen LogP contribution in [0.5, 0.6) is 0 Å². The molecule has 0 unspecified atom stereocenters. The zero-order valence-corrected chi connectivity index (χ0v) is 6.27. The van der Waals surface area contributed by atoms with Crippen LogP contribution in [0.4, 0.5) is 4.39 Å². The Bertz CT molecular complexity index is 480. The fourth-order valence-electron chi connectivity index (χ4n) is 0.996. The molecule has 5 nitrogen and oxygen atoms in total. The van der Waals surface area contributed by atoms with E-state index >= 15 is 0 Å².